The van der Waals surface area contributed by atoms with Crippen molar-refractivity contribution in [3.8, 4) is 40.2 Å². The van der Waals surface area contributed by atoms with E-state index in [1.54, 1.807) is 60.7 Å². The first-order valence-corrected chi connectivity index (χ1v) is 18.3. The molecule has 1 aliphatic heterocycles. The van der Waals surface area contributed by atoms with Crippen LogP contribution in [-0.2, 0) is 4.74 Å². The van der Waals surface area contributed by atoms with E-state index in [1.165, 1.54) is 0 Å². The third-order valence-corrected chi connectivity index (χ3v) is 10.7. The third kappa shape index (κ3) is 8.33. The van der Waals surface area contributed by atoms with E-state index in [4.69, 9.17) is 37.9 Å². The second-order valence-electron chi connectivity index (χ2n) is 13.1. The van der Waals surface area contributed by atoms with Crippen molar-refractivity contribution in [1.29, 1.82) is 0 Å². The van der Waals surface area contributed by atoms with Gasteiger partial charge in [-0.1, -0.05) is 38.1 Å². The van der Waals surface area contributed by atoms with E-state index in [9.17, 15) is 10.2 Å². The third-order valence-electron chi connectivity index (χ3n) is 9.89. The van der Waals surface area contributed by atoms with Crippen molar-refractivity contribution in [3.05, 3.63) is 98.6 Å². The molecule has 0 radical (unpaired) electrons. The lowest BCUT2D eigenvalue weighted by Gasteiger charge is -2.24. The van der Waals surface area contributed by atoms with Crippen molar-refractivity contribution in [2.45, 2.75) is 64.3 Å². The van der Waals surface area contributed by atoms with Gasteiger partial charge in [0.05, 0.1) is 51.3 Å². The predicted octanol–water partition coefficient (Wildman–Crippen LogP) is 8.42. The minimum absolute atomic E-state index is 0.177. The van der Waals surface area contributed by atoms with Gasteiger partial charge in [-0.15, -0.1) is 0 Å². The minimum atomic E-state index is -0.927. The fourth-order valence-corrected chi connectivity index (χ4v) is 7.37. The van der Waals surface area contributed by atoms with Gasteiger partial charge in [-0.3, -0.25) is 0 Å². The van der Waals surface area contributed by atoms with Crippen molar-refractivity contribution in [2.75, 3.05) is 35.5 Å². The average molecular weight is 829 g/mol. The number of aliphatic hydroxyl groups is 2. The Labute approximate surface area is 320 Å². The van der Waals surface area contributed by atoms with Gasteiger partial charge in [0, 0.05) is 0 Å². The zero-order valence-corrected chi connectivity index (χ0v) is 33.2. The monoisotopic (exact) mass is 828 g/mol. The van der Waals surface area contributed by atoms with Crippen LogP contribution < -0.4 is 33.2 Å². The van der Waals surface area contributed by atoms with E-state index >= 15 is 0 Å². The van der Waals surface area contributed by atoms with E-state index in [0.29, 0.717) is 40.1 Å². The van der Waals surface area contributed by atoms with Gasteiger partial charge >= 0.3 is 0 Å². The Kier molecular flexibility index (Phi) is 13.1. The summed E-state index contributed by atoms with van der Waals surface area (Å²) in [5, 5.41) is 22.2. The zero-order chi connectivity index (χ0) is 37.7. The molecule has 4 aromatic rings. The zero-order valence-electron chi connectivity index (χ0n) is 31.1. The summed E-state index contributed by atoms with van der Waals surface area (Å²) >= 11 is 2.19. The van der Waals surface area contributed by atoms with Crippen molar-refractivity contribution in [2.24, 2.45) is 11.8 Å². The van der Waals surface area contributed by atoms with E-state index < -0.39 is 24.4 Å². The van der Waals surface area contributed by atoms with Gasteiger partial charge in [0.25, 0.3) is 0 Å². The Balaban J connectivity index is 1.29. The quantitative estimate of drug-likeness (QED) is 0.113. The van der Waals surface area contributed by atoms with Crippen LogP contribution in [0.5, 0.6) is 40.2 Å². The fraction of sp³-hybridized carbons (Fsp3) is 0.415. The molecule has 0 amide bonds. The SMILES string of the molecule is COc1ccc(C(O)C(C)Oc2ccc(C3OC(c4ccc(O[C@H](C)[C@H](O)c5ccc(OC)c(OC)c5)c(OC)c4)C(C)[C@H]3C)cc2OC)cc1I. The smallest absolute Gasteiger partial charge is 0.161 e. The van der Waals surface area contributed by atoms with Gasteiger partial charge < -0.3 is 48.1 Å². The van der Waals surface area contributed by atoms with E-state index in [2.05, 4.69) is 36.4 Å². The molecular formula is C41H49IO10. The fourth-order valence-electron chi connectivity index (χ4n) is 6.61. The average Bonchev–Trinajstić information content (AvgIpc) is 3.46. The van der Waals surface area contributed by atoms with Gasteiger partial charge in [0.2, 0.25) is 0 Å². The molecule has 5 unspecified atom stereocenters. The van der Waals surface area contributed by atoms with Crippen LogP contribution in [-0.4, -0.2) is 58.0 Å². The van der Waals surface area contributed by atoms with Gasteiger partial charge in [-0.2, -0.15) is 0 Å². The number of rotatable bonds is 15. The highest BCUT2D eigenvalue weighted by Crippen LogP contribution is 2.51. The molecule has 0 aromatic heterocycles. The van der Waals surface area contributed by atoms with Crippen LogP contribution in [0.2, 0.25) is 0 Å². The molecule has 8 atom stereocenters. The molecule has 1 heterocycles. The molecule has 1 fully saturated rings. The number of aliphatic hydroxyl groups excluding tert-OH is 2. The molecule has 0 aliphatic carbocycles. The number of methoxy groups -OCH3 is 5. The lowest BCUT2D eigenvalue weighted by molar-refractivity contribution is 0.0281. The van der Waals surface area contributed by atoms with E-state index in [1.807, 2.05) is 61.5 Å². The van der Waals surface area contributed by atoms with Gasteiger partial charge in [-0.05, 0) is 119 Å². The van der Waals surface area contributed by atoms with Crippen LogP contribution in [0.15, 0.2) is 72.8 Å². The highest BCUT2D eigenvalue weighted by molar-refractivity contribution is 14.1. The molecule has 5 rings (SSSR count). The van der Waals surface area contributed by atoms with E-state index in [-0.39, 0.29) is 24.0 Å². The van der Waals surface area contributed by atoms with E-state index in [0.717, 1.165) is 26.0 Å². The first kappa shape index (κ1) is 39.3. The van der Waals surface area contributed by atoms with Gasteiger partial charge in [-0.25, -0.2) is 0 Å². The number of hydrogen-bond donors (Lipinski definition) is 2. The number of ether oxygens (including phenoxy) is 8. The highest BCUT2D eigenvalue weighted by atomic mass is 127. The predicted molar refractivity (Wildman–Crippen MR) is 206 cm³/mol. The molecule has 0 bridgehead atoms. The second-order valence-corrected chi connectivity index (χ2v) is 14.2. The lowest BCUT2D eigenvalue weighted by atomic mass is 9.85. The molecule has 1 aliphatic rings. The first-order chi connectivity index (χ1) is 24.9. The summed E-state index contributed by atoms with van der Waals surface area (Å²) in [6, 6.07) is 22.4. The maximum atomic E-state index is 11.1. The summed E-state index contributed by atoms with van der Waals surface area (Å²) < 4.78 is 47.7. The largest absolute Gasteiger partial charge is 0.496 e. The molecule has 2 N–H and O–H groups in total. The van der Waals surface area contributed by atoms with Gasteiger partial charge in [0.1, 0.15) is 30.2 Å². The molecule has 4 aromatic carbocycles. The Morgan fingerprint density at radius 1 is 0.519 bits per heavy atom. The van der Waals surface area contributed by atoms with Crippen LogP contribution >= 0.6 is 22.6 Å². The van der Waals surface area contributed by atoms with Crippen LogP contribution in [0.4, 0.5) is 0 Å². The minimum Gasteiger partial charge on any atom is -0.496 e. The summed E-state index contributed by atoms with van der Waals surface area (Å²) in [6.07, 6.45) is -3.34. The molecule has 52 heavy (non-hydrogen) atoms. The number of halogens is 1. The summed E-state index contributed by atoms with van der Waals surface area (Å²) in [5.74, 6) is 4.35. The maximum absolute atomic E-state index is 11.1. The number of hydrogen-bond acceptors (Lipinski definition) is 10. The Hall–Kier alpha value is -3.91. The van der Waals surface area contributed by atoms with Crippen molar-refractivity contribution in [1.82, 2.24) is 0 Å². The normalized spacial score (nSPS) is 20.7. The highest BCUT2D eigenvalue weighted by Gasteiger charge is 2.41. The number of benzene rings is 4. The molecule has 280 valence electrons. The standard InChI is InChI=1S/C41H49IO10/c1-22-23(2)41(29-13-17-34(37(21-29)49-9)51-25(4)39(44)27-11-15-32(46-6)35(19-27)47-7)52-40(22)28-12-16-33(36(20-28)48-8)50-24(3)38(43)26-10-14-31(45-5)30(42)18-26/h10-25,38-41,43-44H,1-9H3/t22-,23?,24?,25-,38?,39+,40?,41?/m1/s1. The summed E-state index contributed by atoms with van der Waals surface area (Å²) in [6.45, 7) is 8.01. The van der Waals surface area contributed by atoms with Gasteiger partial charge in [0.15, 0.2) is 34.5 Å². The second kappa shape index (κ2) is 17.3. The summed E-state index contributed by atoms with van der Waals surface area (Å²) in [7, 11) is 7.95. The lowest BCUT2D eigenvalue weighted by Crippen LogP contribution is -2.22. The summed E-state index contributed by atoms with van der Waals surface area (Å²) in [4.78, 5) is 0. The van der Waals surface area contributed by atoms with Crippen LogP contribution in [0.25, 0.3) is 0 Å². The van der Waals surface area contributed by atoms with Crippen molar-refractivity contribution in [3.63, 3.8) is 0 Å². The maximum Gasteiger partial charge on any atom is 0.161 e. The first-order valence-electron chi connectivity index (χ1n) is 17.2. The summed E-state index contributed by atoms with van der Waals surface area (Å²) in [5.41, 5.74) is 3.30. The molecule has 1 saturated heterocycles. The molecule has 11 heteroatoms. The van der Waals surface area contributed by atoms with Crippen molar-refractivity contribution < 1.29 is 48.1 Å². The Morgan fingerprint density at radius 2 is 0.904 bits per heavy atom. The van der Waals surface area contributed by atoms with Crippen LogP contribution in [0.3, 0.4) is 0 Å². The molecule has 0 saturated carbocycles. The Morgan fingerprint density at radius 3 is 1.33 bits per heavy atom. The van der Waals surface area contributed by atoms with Crippen molar-refractivity contribution >= 4 is 22.6 Å². The molecule has 0 spiro atoms. The van der Waals surface area contributed by atoms with Crippen LogP contribution in [0, 0.1) is 15.4 Å². The molecular weight excluding hydrogens is 779 g/mol. The topological polar surface area (TPSA) is 114 Å². The van der Waals surface area contributed by atoms with Crippen LogP contribution in [0.1, 0.15) is 74.4 Å². The molecule has 10 nitrogen and oxygen atoms in total. The Bertz CT molecular complexity index is 1810.